The summed E-state index contributed by atoms with van der Waals surface area (Å²) in [5, 5.41) is 21.0. The first-order valence-corrected chi connectivity index (χ1v) is 4.27. The molecule has 0 unspecified atom stereocenters. The molecule has 92 valence electrons. The van der Waals surface area contributed by atoms with Crippen molar-refractivity contribution >= 4 is 5.57 Å². The van der Waals surface area contributed by atoms with Crippen LogP contribution in [0.4, 0.5) is 0 Å². The summed E-state index contributed by atoms with van der Waals surface area (Å²) < 4.78 is 0. The van der Waals surface area contributed by atoms with Gasteiger partial charge in [-0.3, -0.25) is 0 Å². The van der Waals surface area contributed by atoms with Crippen LogP contribution in [0.2, 0.25) is 0 Å². The maximum absolute atomic E-state index is 7.00. The number of benzene rings is 1. The van der Waals surface area contributed by atoms with Crippen molar-refractivity contribution < 1.29 is 37.0 Å². The molecule has 1 aromatic carbocycles. The number of hydrogen-bond donors (Lipinski definition) is 3. The molecular weight excluding hydrogens is 240 g/mol. The largest absolute Gasteiger partial charge is 0.400 e. The minimum absolute atomic E-state index is 0. The molecule has 16 heavy (non-hydrogen) atoms. The molecule has 0 atom stereocenters. The predicted octanol–water partition coefficient (Wildman–Crippen LogP) is 1.34. The second-order valence-corrected chi connectivity index (χ2v) is 2.06. The molecule has 1 rings (SSSR count). The smallest absolute Gasteiger partial charge is 0.0319 e. The summed E-state index contributed by atoms with van der Waals surface area (Å²) in [5.41, 5.74) is 2.16. The molecule has 0 aliphatic rings. The summed E-state index contributed by atoms with van der Waals surface area (Å²) in [7, 11) is 3.00. The van der Waals surface area contributed by atoms with Crippen LogP contribution in [0, 0.1) is 6.07 Å². The van der Waals surface area contributed by atoms with E-state index in [1.54, 1.807) is 0 Å². The van der Waals surface area contributed by atoms with E-state index in [0.29, 0.717) is 0 Å². The summed E-state index contributed by atoms with van der Waals surface area (Å²) in [6, 6.07) is 10.9. The minimum Gasteiger partial charge on any atom is -0.400 e. The molecule has 4 heteroatoms. The number of hydrogen-bond acceptors (Lipinski definition) is 3. The Bertz CT molecular complexity index is 213. The van der Waals surface area contributed by atoms with E-state index in [1.807, 2.05) is 31.2 Å². The number of rotatable bonds is 1. The maximum Gasteiger partial charge on any atom is 0.0319 e. The molecule has 0 amide bonds. The van der Waals surface area contributed by atoms with Gasteiger partial charge in [-0.2, -0.15) is 0 Å². The third-order valence-corrected chi connectivity index (χ3v) is 1.17. The Morgan fingerprint density at radius 2 is 1.50 bits per heavy atom. The topological polar surface area (TPSA) is 60.7 Å². The van der Waals surface area contributed by atoms with Gasteiger partial charge in [0.25, 0.3) is 0 Å². The number of aliphatic hydroxyl groups is 3. The van der Waals surface area contributed by atoms with Crippen molar-refractivity contribution in [3.8, 4) is 0 Å². The zero-order valence-corrected chi connectivity index (χ0v) is 11.9. The standard InChI is InChI=1S/C9H9.3CH4O.Ti/c1-8(2)9-6-4-3-5-7-9;3*1-2;/h3-6H,1H2,2H3;3*2H,1H3;/q-1;;;;. The molecular formula is C12H21O3Ti-. The van der Waals surface area contributed by atoms with Gasteiger partial charge >= 0.3 is 0 Å². The fourth-order valence-electron chi connectivity index (χ4n) is 0.659. The van der Waals surface area contributed by atoms with Crippen LogP contribution in [0.15, 0.2) is 30.8 Å². The van der Waals surface area contributed by atoms with E-state index in [-0.39, 0.29) is 21.7 Å². The van der Waals surface area contributed by atoms with Crippen LogP contribution >= 0.6 is 0 Å². The predicted molar refractivity (Wildman–Crippen MR) is 64.4 cm³/mol. The van der Waals surface area contributed by atoms with Crippen LogP contribution in [0.3, 0.4) is 0 Å². The third-order valence-electron chi connectivity index (χ3n) is 1.17. The van der Waals surface area contributed by atoms with Gasteiger partial charge in [-0.05, 0) is 0 Å². The van der Waals surface area contributed by atoms with Crippen LogP contribution in [0.5, 0.6) is 0 Å². The van der Waals surface area contributed by atoms with Crippen molar-refractivity contribution in [2.75, 3.05) is 21.3 Å². The van der Waals surface area contributed by atoms with Gasteiger partial charge in [0.2, 0.25) is 0 Å². The SMILES string of the molecule is C=C(C)c1[c-]cccc1.CO.CO.CO.[Ti]. The molecule has 0 aromatic heterocycles. The first-order chi connectivity index (χ1) is 7.30. The Balaban J connectivity index is -0.0000000900. The Labute approximate surface area is 113 Å². The quantitative estimate of drug-likeness (QED) is 0.528. The normalized spacial score (nSPS) is 6.19. The van der Waals surface area contributed by atoms with Crippen molar-refractivity contribution in [2.24, 2.45) is 0 Å². The second-order valence-electron chi connectivity index (χ2n) is 2.06. The Hall–Kier alpha value is -0.446. The van der Waals surface area contributed by atoms with E-state index in [9.17, 15) is 0 Å². The Morgan fingerprint density at radius 1 is 1.06 bits per heavy atom. The molecule has 0 heterocycles. The first-order valence-electron chi connectivity index (χ1n) is 4.27. The van der Waals surface area contributed by atoms with Gasteiger partial charge in [0.15, 0.2) is 0 Å². The van der Waals surface area contributed by atoms with E-state index in [1.165, 1.54) is 0 Å². The van der Waals surface area contributed by atoms with Crippen molar-refractivity contribution in [3.63, 3.8) is 0 Å². The third kappa shape index (κ3) is 16.0. The van der Waals surface area contributed by atoms with Crippen LogP contribution < -0.4 is 0 Å². The van der Waals surface area contributed by atoms with Crippen LogP contribution in [0.1, 0.15) is 12.5 Å². The minimum atomic E-state index is 0. The molecule has 0 spiro atoms. The fraction of sp³-hybridized carbons (Fsp3) is 0.333. The molecule has 3 N–H and O–H groups in total. The average Bonchev–Trinajstić information content (AvgIpc) is 2.38. The summed E-state index contributed by atoms with van der Waals surface area (Å²) in [6.45, 7) is 5.77. The van der Waals surface area contributed by atoms with Crippen molar-refractivity contribution in [1.29, 1.82) is 0 Å². The van der Waals surface area contributed by atoms with Gasteiger partial charge in [-0.25, -0.2) is 0 Å². The molecule has 0 bridgehead atoms. The molecule has 0 aliphatic carbocycles. The van der Waals surface area contributed by atoms with Gasteiger partial charge in [-0.1, -0.05) is 6.92 Å². The van der Waals surface area contributed by atoms with Crippen LogP contribution in [0.25, 0.3) is 5.57 Å². The summed E-state index contributed by atoms with van der Waals surface area (Å²) >= 11 is 0. The van der Waals surface area contributed by atoms with Crippen LogP contribution in [-0.2, 0) is 21.7 Å². The fourth-order valence-corrected chi connectivity index (χ4v) is 0.659. The van der Waals surface area contributed by atoms with Gasteiger partial charge < -0.3 is 15.3 Å². The number of aliphatic hydroxyl groups excluding tert-OH is 3. The second kappa shape index (κ2) is 24.0. The van der Waals surface area contributed by atoms with Crippen LogP contribution in [-0.4, -0.2) is 36.6 Å². The zero-order valence-electron chi connectivity index (χ0n) is 10.4. The summed E-state index contributed by atoms with van der Waals surface area (Å²) in [5.74, 6) is 0. The van der Waals surface area contributed by atoms with E-state index in [0.717, 1.165) is 32.5 Å². The molecule has 0 aliphatic heterocycles. The van der Waals surface area contributed by atoms with Gasteiger partial charge in [0, 0.05) is 43.0 Å². The Morgan fingerprint density at radius 3 is 1.69 bits per heavy atom. The maximum atomic E-state index is 7.00. The van der Waals surface area contributed by atoms with E-state index >= 15 is 0 Å². The van der Waals surface area contributed by atoms with Crippen molar-refractivity contribution in [3.05, 3.63) is 42.5 Å². The monoisotopic (exact) mass is 261 g/mol. The van der Waals surface area contributed by atoms with Gasteiger partial charge in [-0.15, -0.1) is 48.0 Å². The van der Waals surface area contributed by atoms with Crippen molar-refractivity contribution in [1.82, 2.24) is 0 Å². The first kappa shape index (κ1) is 24.7. The molecule has 1 aromatic rings. The summed E-state index contributed by atoms with van der Waals surface area (Å²) in [6.07, 6.45) is 0. The van der Waals surface area contributed by atoms with E-state index < -0.39 is 0 Å². The molecule has 0 radical (unpaired) electrons. The summed E-state index contributed by atoms with van der Waals surface area (Å²) in [4.78, 5) is 0. The average molecular weight is 261 g/mol. The zero-order chi connectivity index (χ0) is 12.7. The van der Waals surface area contributed by atoms with E-state index in [2.05, 4.69) is 12.6 Å². The molecule has 3 nitrogen and oxygen atoms in total. The van der Waals surface area contributed by atoms with E-state index in [4.69, 9.17) is 15.3 Å². The van der Waals surface area contributed by atoms with Crippen molar-refractivity contribution in [2.45, 2.75) is 6.92 Å². The Kier molecular flexibility index (Phi) is 37.0. The molecule has 0 saturated carbocycles. The number of allylic oxidation sites excluding steroid dienone is 1. The molecule has 0 saturated heterocycles. The van der Waals surface area contributed by atoms with Gasteiger partial charge in [0.05, 0.1) is 0 Å². The van der Waals surface area contributed by atoms with Gasteiger partial charge in [0.1, 0.15) is 0 Å². The molecule has 0 fully saturated rings.